The first-order valence-corrected chi connectivity index (χ1v) is 4.12. The Morgan fingerprint density at radius 2 is 2.15 bits per heavy atom. The van der Waals surface area contributed by atoms with Crippen molar-refractivity contribution in [2.75, 3.05) is 0 Å². The molecule has 0 saturated heterocycles. The van der Waals surface area contributed by atoms with Gasteiger partial charge in [-0.2, -0.15) is 0 Å². The molecule has 3 heteroatoms. The summed E-state index contributed by atoms with van der Waals surface area (Å²) in [6.45, 7) is 3.83. The molecule has 1 aromatic carbocycles. The Balaban J connectivity index is 2.71. The van der Waals surface area contributed by atoms with Gasteiger partial charge in [-0.25, -0.2) is 0 Å². The second-order valence-electron chi connectivity index (χ2n) is 3.09. The average molecular weight is 179 g/mol. The summed E-state index contributed by atoms with van der Waals surface area (Å²) >= 11 is 0. The highest BCUT2D eigenvalue weighted by atomic mass is 16.3. The van der Waals surface area contributed by atoms with Gasteiger partial charge in [-0.15, -0.1) is 0 Å². The molecular weight excluding hydrogens is 166 g/mol. The molecule has 0 heterocycles. The van der Waals surface area contributed by atoms with E-state index in [0.29, 0.717) is 6.54 Å². The fraction of sp³-hybridized carbons (Fsp3) is 0.300. The summed E-state index contributed by atoms with van der Waals surface area (Å²) in [5.74, 6) is 0.168. The lowest BCUT2D eigenvalue weighted by Crippen LogP contribution is -2.18. The standard InChI is InChI=1S/C10H13NO2/c1-7-3-9(5-10(13)4-7)6-11-8(2)12/h3-5,13H,6H2,1-2H3,(H,11,12). The monoisotopic (exact) mass is 179 g/mol. The van der Waals surface area contributed by atoms with Crippen molar-refractivity contribution in [3.63, 3.8) is 0 Å². The molecule has 0 radical (unpaired) electrons. The van der Waals surface area contributed by atoms with Gasteiger partial charge in [0.2, 0.25) is 5.91 Å². The quantitative estimate of drug-likeness (QED) is 0.719. The van der Waals surface area contributed by atoms with Crippen LogP contribution in [0.3, 0.4) is 0 Å². The second kappa shape index (κ2) is 3.94. The van der Waals surface area contributed by atoms with Gasteiger partial charge >= 0.3 is 0 Å². The fourth-order valence-corrected chi connectivity index (χ4v) is 1.17. The number of phenolic OH excluding ortho intramolecular Hbond substituents is 1. The number of hydrogen-bond acceptors (Lipinski definition) is 2. The van der Waals surface area contributed by atoms with E-state index >= 15 is 0 Å². The molecule has 0 aliphatic heterocycles. The zero-order valence-electron chi connectivity index (χ0n) is 7.79. The van der Waals surface area contributed by atoms with Crippen molar-refractivity contribution in [3.05, 3.63) is 29.3 Å². The van der Waals surface area contributed by atoms with Gasteiger partial charge in [0.25, 0.3) is 0 Å². The lowest BCUT2D eigenvalue weighted by atomic mass is 10.1. The minimum Gasteiger partial charge on any atom is -0.508 e. The first-order valence-electron chi connectivity index (χ1n) is 4.12. The number of aromatic hydroxyl groups is 1. The van der Waals surface area contributed by atoms with E-state index in [0.717, 1.165) is 11.1 Å². The first-order chi connectivity index (χ1) is 6.08. The van der Waals surface area contributed by atoms with Crippen LogP contribution in [0.5, 0.6) is 5.75 Å². The van der Waals surface area contributed by atoms with Crippen molar-refractivity contribution in [2.24, 2.45) is 0 Å². The van der Waals surface area contributed by atoms with Crippen LogP contribution in [0.1, 0.15) is 18.1 Å². The average Bonchev–Trinajstić information content (AvgIpc) is 1.99. The van der Waals surface area contributed by atoms with Gasteiger partial charge in [0, 0.05) is 13.5 Å². The second-order valence-corrected chi connectivity index (χ2v) is 3.09. The fourth-order valence-electron chi connectivity index (χ4n) is 1.17. The summed E-state index contributed by atoms with van der Waals surface area (Å²) in [5, 5.41) is 11.9. The van der Waals surface area contributed by atoms with E-state index < -0.39 is 0 Å². The lowest BCUT2D eigenvalue weighted by molar-refractivity contribution is -0.119. The van der Waals surface area contributed by atoms with Crippen LogP contribution in [-0.2, 0) is 11.3 Å². The van der Waals surface area contributed by atoms with Crippen molar-refractivity contribution in [2.45, 2.75) is 20.4 Å². The molecule has 2 N–H and O–H groups in total. The zero-order valence-corrected chi connectivity index (χ0v) is 7.79. The Morgan fingerprint density at radius 3 is 2.69 bits per heavy atom. The molecule has 0 fully saturated rings. The number of phenols is 1. The molecule has 1 rings (SSSR count). The number of rotatable bonds is 2. The third-order valence-electron chi connectivity index (χ3n) is 1.66. The van der Waals surface area contributed by atoms with E-state index in [2.05, 4.69) is 5.32 Å². The van der Waals surface area contributed by atoms with Gasteiger partial charge < -0.3 is 10.4 Å². The highest BCUT2D eigenvalue weighted by molar-refractivity contribution is 5.72. The van der Waals surface area contributed by atoms with Crippen LogP contribution in [0.2, 0.25) is 0 Å². The van der Waals surface area contributed by atoms with Gasteiger partial charge in [-0.05, 0) is 30.2 Å². The van der Waals surface area contributed by atoms with E-state index in [1.807, 2.05) is 13.0 Å². The predicted molar refractivity (Wildman–Crippen MR) is 50.4 cm³/mol. The Kier molecular flexibility index (Phi) is 2.90. The van der Waals surface area contributed by atoms with Gasteiger partial charge in [0.05, 0.1) is 0 Å². The molecular formula is C10H13NO2. The first kappa shape index (κ1) is 9.58. The number of aryl methyl sites for hydroxylation is 1. The topological polar surface area (TPSA) is 49.3 Å². The van der Waals surface area contributed by atoms with Crippen LogP contribution >= 0.6 is 0 Å². The van der Waals surface area contributed by atoms with Crippen LogP contribution in [0.15, 0.2) is 18.2 Å². The molecule has 13 heavy (non-hydrogen) atoms. The van der Waals surface area contributed by atoms with E-state index in [1.54, 1.807) is 12.1 Å². The molecule has 0 spiro atoms. The predicted octanol–water partition coefficient (Wildman–Crippen LogP) is 1.34. The molecule has 0 aliphatic carbocycles. The lowest BCUT2D eigenvalue weighted by Gasteiger charge is -2.04. The smallest absolute Gasteiger partial charge is 0.217 e. The maximum absolute atomic E-state index is 10.6. The maximum atomic E-state index is 10.6. The van der Waals surface area contributed by atoms with Crippen molar-refractivity contribution >= 4 is 5.91 Å². The number of carbonyl (C=O) groups excluding carboxylic acids is 1. The van der Waals surface area contributed by atoms with Crippen LogP contribution in [-0.4, -0.2) is 11.0 Å². The summed E-state index contributed by atoms with van der Waals surface area (Å²) in [6, 6.07) is 5.25. The molecule has 0 atom stereocenters. The van der Waals surface area contributed by atoms with Gasteiger partial charge in [0.1, 0.15) is 5.75 Å². The molecule has 0 saturated carbocycles. The van der Waals surface area contributed by atoms with Crippen LogP contribution in [0, 0.1) is 6.92 Å². The third-order valence-corrected chi connectivity index (χ3v) is 1.66. The van der Waals surface area contributed by atoms with Crippen molar-refractivity contribution < 1.29 is 9.90 Å². The highest BCUT2D eigenvalue weighted by Crippen LogP contribution is 2.14. The minimum absolute atomic E-state index is 0.0685. The number of hydrogen-bond donors (Lipinski definition) is 2. The minimum atomic E-state index is -0.0685. The maximum Gasteiger partial charge on any atom is 0.217 e. The summed E-state index contributed by atoms with van der Waals surface area (Å²) in [4.78, 5) is 10.6. The van der Waals surface area contributed by atoms with E-state index in [1.165, 1.54) is 6.92 Å². The molecule has 0 aromatic heterocycles. The molecule has 1 aromatic rings. The summed E-state index contributed by atoms with van der Waals surface area (Å²) in [7, 11) is 0. The van der Waals surface area contributed by atoms with Gasteiger partial charge in [0.15, 0.2) is 0 Å². The van der Waals surface area contributed by atoms with E-state index in [9.17, 15) is 9.90 Å². The molecule has 0 bridgehead atoms. The summed E-state index contributed by atoms with van der Waals surface area (Å²) in [6.07, 6.45) is 0. The largest absolute Gasteiger partial charge is 0.508 e. The third kappa shape index (κ3) is 3.15. The SMILES string of the molecule is CC(=O)NCc1cc(C)cc(O)c1. The van der Waals surface area contributed by atoms with E-state index in [-0.39, 0.29) is 11.7 Å². The Labute approximate surface area is 77.4 Å². The molecule has 70 valence electrons. The molecule has 0 unspecified atom stereocenters. The normalized spacial score (nSPS) is 9.69. The Hall–Kier alpha value is -1.51. The number of amides is 1. The summed E-state index contributed by atoms with van der Waals surface area (Å²) < 4.78 is 0. The highest BCUT2D eigenvalue weighted by Gasteiger charge is 1.97. The van der Waals surface area contributed by atoms with Crippen LogP contribution < -0.4 is 5.32 Å². The number of carbonyl (C=O) groups is 1. The molecule has 0 aliphatic rings. The summed E-state index contributed by atoms with van der Waals surface area (Å²) in [5.41, 5.74) is 1.90. The number of benzene rings is 1. The van der Waals surface area contributed by atoms with Crippen molar-refractivity contribution in [1.29, 1.82) is 0 Å². The van der Waals surface area contributed by atoms with E-state index in [4.69, 9.17) is 0 Å². The van der Waals surface area contributed by atoms with Crippen LogP contribution in [0.4, 0.5) is 0 Å². The van der Waals surface area contributed by atoms with Gasteiger partial charge in [-0.3, -0.25) is 4.79 Å². The van der Waals surface area contributed by atoms with Crippen molar-refractivity contribution in [3.8, 4) is 5.75 Å². The van der Waals surface area contributed by atoms with Crippen LogP contribution in [0.25, 0.3) is 0 Å². The van der Waals surface area contributed by atoms with Gasteiger partial charge in [-0.1, -0.05) is 6.07 Å². The molecule has 1 amide bonds. The Bertz CT molecular complexity index is 300. The molecule has 3 nitrogen and oxygen atoms in total. The number of nitrogens with one attached hydrogen (secondary N) is 1. The zero-order chi connectivity index (χ0) is 9.84. The Morgan fingerprint density at radius 1 is 1.46 bits per heavy atom. The van der Waals surface area contributed by atoms with Crippen molar-refractivity contribution in [1.82, 2.24) is 5.32 Å².